The van der Waals surface area contributed by atoms with Crippen LogP contribution in [-0.2, 0) is 4.79 Å². The van der Waals surface area contributed by atoms with Crippen molar-refractivity contribution in [3.8, 4) is 0 Å². The molecule has 1 heteroatoms. The van der Waals surface area contributed by atoms with E-state index in [4.69, 9.17) is 0 Å². The minimum absolute atomic E-state index is 0.662. The average molecular weight is 108 g/mol. The Morgan fingerprint density at radius 2 is 2.38 bits per heavy atom. The highest BCUT2D eigenvalue weighted by Gasteiger charge is 1.79. The first kappa shape index (κ1) is 6.93. The maximum atomic E-state index is 9.61. The monoisotopic (exact) mass is 108 g/mol. The Morgan fingerprint density at radius 1 is 1.75 bits per heavy atom. The number of rotatable bonds is 3. The molecule has 0 aliphatic rings. The van der Waals surface area contributed by atoms with E-state index in [1.807, 2.05) is 0 Å². The summed E-state index contributed by atoms with van der Waals surface area (Å²) in [5.41, 5.74) is 0.745. The van der Waals surface area contributed by atoms with Crippen molar-refractivity contribution in [2.75, 3.05) is 0 Å². The number of hydrogen-bond donors (Lipinski definition) is 0. The molecule has 0 spiro atoms. The van der Waals surface area contributed by atoms with E-state index in [2.05, 4.69) is 13.2 Å². The van der Waals surface area contributed by atoms with Crippen LogP contribution in [0.2, 0.25) is 0 Å². The van der Waals surface area contributed by atoms with E-state index in [0.717, 1.165) is 5.57 Å². The molecule has 0 saturated carbocycles. The molecule has 0 fully saturated rings. The van der Waals surface area contributed by atoms with E-state index in [1.54, 1.807) is 12.0 Å². The molecule has 0 unspecified atom stereocenters. The summed E-state index contributed by atoms with van der Waals surface area (Å²) >= 11 is 0. The van der Waals surface area contributed by atoms with E-state index < -0.39 is 0 Å². The number of allylic oxidation sites excluding steroid dienone is 3. The second-order valence-electron chi connectivity index (χ2n) is 1.41. The van der Waals surface area contributed by atoms with Gasteiger partial charge in [-0.3, -0.25) is 0 Å². The van der Waals surface area contributed by atoms with Gasteiger partial charge >= 0.3 is 0 Å². The van der Waals surface area contributed by atoms with Gasteiger partial charge in [-0.15, -0.1) is 6.58 Å². The second-order valence-corrected chi connectivity index (χ2v) is 1.41. The third-order valence-electron chi connectivity index (χ3n) is 0.670. The van der Waals surface area contributed by atoms with Crippen molar-refractivity contribution in [2.45, 2.75) is 6.42 Å². The zero-order valence-electron chi connectivity index (χ0n) is 4.68. The van der Waals surface area contributed by atoms with Gasteiger partial charge in [-0.1, -0.05) is 12.7 Å². The first-order valence-corrected chi connectivity index (χ1v) is 2.31. The maximum Gasteiger partial charge on any atom is 0.124 e. The third-order valence-corrected chi connectivity index (χ3v) is 0.670. The first-order valence-electron chi connectivity index (χ1n) is 2.31. The Bertz CT molecular complexity index is 138. The van der Waals surface area contributed by atoms with Crippen molar-refractivity contribution < 1.29 is 4.79 Å². The van der Waals surface area contributed by atoms with Gasteiger partial charge in [0.1, 0.15) is 5.94 Å². The largest absolute Gasteiger partial charge is 0.233 e. The molecule has 0 aromatic rings. The lowest BCUT2D eigenvalue weighted by atomic mass is 10.2. The normalized spacial score (nSPS) is 7.00. The topological polar surface area (TPSA) is 17.1 Å². The summed E-state index contributed by atoms with van der Waals surface area (Å²) in [6.45, 7) is 7.02. The molecule has 0 rings (SSSR count). The second kappa shape index (κ2) is 4.10. The van der Waals surface area contributed by atoms with Crippen molar-refractivity contribution in [3.63, 3.8) is 0 Å². The molecule has 0 aliphatic carbocycles. The molecule has 0 atom stereocenters. The molecular formula is C7H8O. The van der Waals surface area contributed by atoms with Crippen molar-refractivity contribution in [3.05, 3.63) is 30.9 Å². The van der Waals surface area contributed by atoms with E-state index in [1.165, 1.54) is 6.08 Å². The van der Waals surface area contributed by atoms with Gasteiger partial charge in [0.15, 0.2) is 0 Å². The highest BCUT2D eigenvalue weighted by molar-refractivity contribution is 5.51. The third kappa shape index (κ3) is 3.13. The predicted molar refractivity (Wildman–Crippen MR) is 34.2 cm³/mol. The molecule has 0 N–H and O–H groups in total. The lowest BCUT2D eigenvalue weighted by molar-refractivity contribution is 0.569. The van der Waals surface area contributed by atoms with Gasteiger partial charge in [-0.05, 0) is 12.0 Å². The quantitative estimate of drug-likeness (QED) is 0.304. The molecule has 8 heavy (non-hydrogen) atoms. The fraction of sp³-hybridized carbons (Fsp3) is 0.143. The Balaban J connectivity index is 3.65. The van der Waals surface area contributed by atoms with Crippen LogP contribution >= 0.6 is 0 Å². The Labute approximate surface area is 49.0 Å². The van der Waals surface area contributed by atoms with Gasteiger partial charge < -0.3 is 0 Å². The minimum Gasteiger partial charge on any atom is -0.233 e. The molecule has 1 nitrogen and oxygen atoms in total. The van der Waals surface area contributed by atoms with Crippen LogP contribution in [-0.4, -0.2) is 5.94 Å². The molecule has 0 amide bonds. The Morgan fingerprint density at radius 3 is 2.75 bits per heavy atom. The Hall–Kier alpha value is -1.07. The highest BCUT2D eigenvalue weighted by atomic mass is 16.1. The molecular weight excluding hydrogens is 100 g/mol. The van der Waals surface area contributed by atoms with Crippen LogP contribution < -0.4 is 0 Å². The number of carbonyl (C=O) groups excluding carboxylic acids is 1. The van der Waals surface area contributed by atoms with Crippen LogP contribution in [0.5, 0.6) is 0 Å². The summed E-state index contributed by atoms with van der Waals surface area (Å²) in [7, 11) is 0. The van der Waals surface area contributed by atoms with Gasteiger partial charge in [-0.2, -0.15) is 0 Å². The molecule has 42 valence electrons. The van der Waals surface area contributed by atoms with Gasteiger partial charge in [0.05, 0.1) is 0 Å². The zero-order chi connectivity index (χ0) is 6.41. The molecule has 0 aromatic heterocycles. The summed E-state index contributed by atoms with van der Waals surface area (Å²) in [6.07, 6.45) is 3.66. The van der Waals surface area contributed by atoms with Gasteiger partial charge in [0, 0.05) is 6.08 Å². The van der Waals surface area contributed by atoms with Crippen LogP contribution in [0.1, 0.15) is 6.42 Å². The maximum absolute atomic E-state index is 9.61. The summed E-state index contributed by atoms with van der Waals surface area (Å²) < 4.78 is 0. The standard InChI is InChI=1S/C7H8O/c1-3-4-7(2)5-6-8/h3,5H,1-2,4H2. The molecule has 0 heterocycles. The summed E-state index contributed by atoms with van der Waals surface area (Å²) in [5.74, 6) is 1.63. The number of hydrogen-bond acceptors (Lipinski definition) is 1. The molecule has 0 bridgehead atoms. The van der Waals surface area contributed by atoms with Gasteiger partial charge in [0.25, 0.3) is 0 Å². The van der Waals surface area contributed by atoms with Crippen molar-refractivity contribution >= 4 is 5.94 Å². The fourth-order valence-corrected chi connectivity index (χ4v) is 0.328. The Kier molecular flexibility index (Phi) is 3.55. The van der Waals surface area contributed by atoms with Gasteiger partial charge in [-0.25, -0.2) is 4.79 Å². The van der Waals surface area contributed by atoms with E-state index in [9.17, 15) is 4.79 Å². The summed E-state index contributed by atoms with van der Waals surface area (Å²) in [6, 6.07) is 0. The van der Waals surface area contributed by atoms with Crippen LogP contribution in [0, 0.1) is 0 Å². The van der Waals surface area contributed by atoms with Crippen molar-refractivity contribution in [1.82, 2.24) is 0 Å². The molecule has 0 aromatic carbocycles. The lowest BCUT2D eigenvalue weighted by Gasteiger charge is -1.84. The summed E-state index contributed by atoms with van der Waals surface area (Å²) in [5, 5.41) is 0. The minimum atomic E-state index is 0.662. The van der Waals surface area contributed by atoms with Crippen LogP contribution in [0.3, 0.4) is 0 Å². The first-order chi connectivity index (χ1) is 3.81. The SMILES string of the molecule is C=CCC(=C)C=C=O. The van der Waals surface area contributed by atoms with Crippen LogP contribution in [0.25, 0.3) is 0 Å². The van der Waals surface area contributed by atoms with Gasteiger partial charge in [0.2, 0.25) is 0 Å². The van der Waals surface area contributed by atoms with Crippen LogP contribution in [0.15, 0.2) is 30.9 Å². The molecule has 0 radical (unpaired) electrons. The molecule has 0 saturated heterocycles. The van der Waals surface area contributed by atoms with E-state index >= 15 is 0 Å². The smallest absolute Gasteiger partial charge is 0.124 e. The zero-order valence-corrected chi connectivity index (χ0v) is 4.68. The van der Waals surface area contributed by atoms with Crippen molar-refractivity contribution in [2.24, 2.45) is 0 Å². The lowest BCUT2D eigenvalue weighted by Crippen LogP contribution is -1.68. The molecule has 0 aliphatic heterocycles. The highest BCUT2D eigenvalue weighted by Crippen LogP contribution is 1.95. The predicted octanol–water partition coefficient (Wildman–Crippen LogP) is 1.51. The van der Waals surface area contributed by atoms with E-state index in [-0.39, 0.29) is 0 Å². The average Bonchev–Trinajstić information content (AvgIpc) is 1.68. The van der Waals surface area contributed by atoms with E-state index in [0.29, 0.717) is 6.42 Å². The summed E-state index contributed by atoms with van der Waals surface area (Å²) in [4.78, 5) is 9.61. The van der Waals surface area contributed by atoms with Crippen LogP contribution in [0.4, 0.5) is 0 Å². The van der Waals surface area contributed by atoms with Crippen molar-refractivity contribution in [1.29, 1.82) is 0 Å². The fourth-order valence-electron chi connectivity index (χ4n) is 0.328.